The maximum absolute atomic E-state index is 11.4. The van der Waals surface area contributed by atoms with Gasteiger partial charge in [0.2, 0.25) is 0 Å². The molecule has 0 fully saturated rings. The molecule has 2 heterocycles. The van der Waals surface area contributed by atoms with E-state index < -0.39 is 17.3 Å². The summed E-state index contributed by atoms with van der Waals surface area (Å²) >= 11 is 0. The average Bonchev–Trinajstić information content (AvgIpc) is 3.21. The standard InChI is InChI=1S/C29H34O7/c1-16(2)6-7-20-22-15-23(17-12-18(30)14-19(31)13-17)35-26(22)21-8-10-29(5,36-27(21)25(20)33)11-9-24(32)28(3,4)34/h6,8,10,12-15,24,30-34H,7,9,11H2,1-5H3. The second kappa shape index (κ2) is 9.22. The molecule has 2 atom stereocenters. The molecule has 0 aliphatic carbocycles. The van der Waals surface area contributed by atoms with Crippen molar-refractivity contribution in [3.63, 3.8) is 0 Å². The Morgan fingerprint density at radius 3 is 2.36 bits per heavy atom. The van der Waals surface area contributed by atoms with Crippen LogP contribution in [0.3, 0.4) is 0 Å². The maximum atomic E-state index is 11.4. The molecule has 36 heavy (non-hydrogen) atoms. The van der Waals surface area contributed by atoms with Crippen LogP contribution in [0.5, 0.6) is 23.0 Å². The third kappa shape index (κ3) is 5.08. The van der Waals surface area contributed by atoms with Crippen LogP contribution < -0.4 is 4.74 Å². The lowest BCUT2D eigenvalue weighted by atomic mass is 9.88. The first-order chi connectivity index (χ1) is 16.8. The van der Waals surface area contributed by atoms with Gasteiger partial charge in [-0.3, -0.25) is 0 Å². The molecule has 0 amide bonds. The van der Waals surface area contributed by atoms with Gasteiger partial charge < -0.3 is 34.7 Å². The molecular formula is C29H34O7. The van der Waals surface area contributed by atoms with E-state index in [-0.39, 0.29) is 17.2 Å². The normalized spacial score (nSPS) is 18.1. The molecule has 192 valence electrons. The van der Waals surface area contributed by atoms with Crippen LogP contribution in [0.2, 0.25) is 0 Å². The van der Waals surface area contributed by atoms with Crippen LogP contribution in [-0.2, 0) is 6.42 Å². The summed E-state index contributed by atoms with van der Waals surface area (Å²) in [7, 11) is 0. The molecule has 0 radical (unpaired) electrons. The van der Waals surface area contributed by atoms with Gasteiger partial charge >= 0.3 is 0 Å². The summed E-state index contributed by atoms with van der Waals surface area (Å²) in [5.41, 5.74) is 1.28. The number of ether oxygens (including phenoxy) is 1. The number of fused-ring (bicyclic) bond motifs is 3. The van der Waals surface area contributed by atoms with Crippen LogP contribution in [0, 0.1) is 0 Å². The zero-order valence-electron chi connectivity index (χ0n) is 21.3. The Hall–Kier alpha value is -3.42. The average molecular weight is 495 g/mol. The number of furan rings is 1. The van der Waals surface area contributed by atoms with E-state index in [1.54, 1.807) is 19.9 Å². The second-order valence-corrected chi connectivity index (χ2v) is 10.6. The summed E-state index contributed by atoms with van der Waals surface area (Å²) in [6.07, 6.45) is 5.95. The van der Waals surface area contributed by atoms with E-state index in [0.717, 1.165) is 5.57 Å². The van der Waals surface area contributed by atoms with Crippen molar-refractivity contribution in [2.45, 2.75) is 71.2 Å². The lowest BCUT2D eigenvalue weighted by Crippen LogP contribution is -2.39. The highest BCUT2D eigenvalue weighted by Gasteiger charge is 2.35. The summed E-state index contributed by atoms with van der Waals surface area (Å²) in [5.74, 6) is 0.555. The molecule has 0 saturated heterocycles. The molecule has 1 aromatic heterocycles. The topological polar surface area (TPSA) is 124 Å². The molecule has 0 spiro atoms. The number of allylic oxidation sites excluding steroid dienone is 2. The zero-order valence-corrected chi connectivity index (χ0v) is 21.3. The molecule has 0 saturated carbocycles. The lowest BCUT2D eigenvalue weighted by Gasteiger charge is -2.34. The first-order valence-corrected chi connectivity index (χ1v) is 12.0. The SMILES string of the molecule is CC(C)=CCc1c(O)c2c(c3oc(-c4cc(O)cc(O)c4)cc13)C=CC(C)(CCC(O)C(C)(C)O)O2. The number of aromatic hydroxyl groups is 3. The summed E-state index contributed by atoms with van der Waals surface area (Å²) in [6.45, 7) is 8.95. The van der Waals surface area contributed by atoms with Crippen molar-refractivity contribution >= 4 is 17.0 Å². The van der Waals surface area contributed by atoms with Crippen LogP contribution in [0.25, 0.3) is 28.4 Å². The number of rotatable bonds is 7. The summed E-state index contributed by atoms with van der Waals surface area (Å²) in [4.78, 5) is 0. The van der Waals surface area contributed by atoms with Crippen molar-refractivity contribution in [3.8, 4) is 34.3 Å². The van der Waals surface area contributed by atoms with Crippen molar-refractivity contribution in [1.29, 1.82) is 0 Å². The smallest absolute Gasteiger partial charge is 0.173 e. The lowest BCUT2D eigenvalue weighted by molar-refractivity contribution is -0.0579. The van der Waals surface area contributed by atoms with Gasteiger partial charge in [0, 0.05) is 22.6 Å². The van der Waals surface area contributed by atoms with Crippen LogP contribution in [0.4, 0.5) is 0 Å². The molecule has 4 rings (SSSR count). The summed E-state index contributed by atoms with van der Waals surface area (Å²) < 4.78 is 12.5. The highest BCUT2D eigenvalue weighted by Crippen LogP contribution is 2.49. The minimum atomic E-state index is -1.23. The molecule has 0 bridgehead atoms. The number of benzene rings is 2. The molecule has 5 N–H and O–H groups in total. The molecular weight excluding hydrogens is 460 g/mol. The van der Waals surface area contributed by atoms with Crippen molar-refractivity contribution in [2.24, 2.45) is 0 Å². The molecule has 1 aliphatic rings. The molecule has 3 aromatic rings. The van der Waals surface area contributed by atoms with Gasteiger partial charge in [-0.05, 0) is 84.2 Å². The second-order valence-electron chi connectivity index (χ2n) is 10.6. The number of phenols is 3. The van der Waals surface area contributed by atoms with Gasteiger partial charge in [0.1, 0.15) is 28.4 Å². The number of hydrogen-bond acceptors (Lipinski definition) is 7. The number of phenolic OH excluding ortho intramolecular Hbond substituents is 3. The third-order valence-electron chi connectivity index (χ3n) is 6.62. The van der Waals surface area contributed by atoms with Gasteiger partial charge in [0.25, 0.3) is 0 Å². The van der Waals surface area contributed by atoms with E-state index in [1.807, 2.05) is 39.0 Å². The van der Waals surface area contributed by atoms with E-state index in [2.05, 4.69) is 0 Å². The van der Waals surface area contributed by atoms with Gasteiger partial charge in [-0.15, -0.1) is 0 Å². The largest absolute Gasteiger partial charge is 0.508 e. The number of hydrogen-bond donors (Lipinski definition) is 5. The van der Waals surface area contributed by atoms with Crippen molar-refractivity contribution in [2.75, 3.05) is 0 Å². The summed E-state index contributed by atoms with van der Waals surface area (Å²) in [5, 5.41) is 52.4. The van der Waals surface area contributed by atoms with Gasteiger partial charge in [0.05, 0.1) is 17.3 Å². The predicted octanol–water partition coefficient (Wildman–Crippen LogP) is 5.80. The Kier molecular flexibility index (Phi) is 6.58. The molecule has 2 unspecified atom stereocenters. The fourth-order valence-corrected chi connectivity index (χ4v) is 4.40. The number of aliphatic hydroxyl groups is 2. The Morgan fingerprint density at radius 1 is 1.08 bits per heavy atom. The van der Waals surface area contributed by atoms with Gasteiger partial charge in [0.15, 0.2) is 11.5 Å². The van der Waals surface area contributed by atoms with Gasteiger partial charge in [-0.1, -0.05) is 11.6 Å². The van der Waals surface area contributed by atoms with Crippen LogP contribution in [-0.4, -0.2) is 42.8 Å². The van der Waals surface area contributed by atoms with E-state index in [4.69, 9.17) is 9.15 Å². The monoisotopic (exact) mass is 494 g/mol. The first-order valence-electron chi connectivity index (χ1n) is 12.0. The van der Waals surface area contributed by atoms with Gasteiger partial charge in [-0.2, -0.15) is 0 Å². The summed E-state index contributed by atoms with van der Waals surface area (Å²) in [6, 6.07) is 6.03. The molecule has 1 aliphatic heterocycles. The van der Waals surface area contributed by atoms with E-state index in [9.17, 15) is 25.5 Å². The highest BCUT2D eigenvalue weighted by molar-refractivity contribution is 5.97. The van der Waals surface area contributed by atoms with Crippen LogP contribution in [0.15, 0.2) is 46.4 Å². The van der Waals surface area contributed by atoms with Gasteiger partial charge in [-0.25, -0.2) is 0 Å². The van der Waals surface area contributed by atoms with Crippen LogP contribution in [0.1, 0.15) is 58.6 Å². The predicted molar refractivity (Wildman–Crippen MR) is 139 cm³/mol. The quantitative estimate of drug-likeness (QED) is 0.263. The maximum Gasteiger partial charge on any atom is 0.173 e. The number of aliphatic hydroxyl groups excluding tert-OH is 1. The van der Waals surface area contributed by atoms with E-state index in [1.165, 1.54) is 18.2 Å². The Balaban J connectivity index is 1.82. The first kappa shape index (κ1) is 25.7. The minimum Gasteiger partial charge on any atom is -0.508 e. The minimum absolute atomic E-state index is 0.0136. The van der Waals surface area contributed by atoms with E-state index in [0.29, 0.717) is 58.4 Å². The zero-order chi connectivity index (χ0) is 26.4. The Bertz CT molecular complexity index is 1330. The van der Waals surface area contributed by atoms with Crippen molar-refractivity contribution in [1.82, 2.24) is 0 Å². The van der Waals surface area contributed by atoms with Crippen molar-refractivity contribution < 1.29 is 34.7 Å². The molecule has 7 nitrogen and oxygen atoms in total. The molecule has 2 aromatic carbocycles. The fourth-order valence-electron chi connectivity index (χ4n) is 4.40. The van der Waals surface area contributed by atoms with Crippen LogP contribution >= 0.6 is 0 Å². The highest BCUT2D eigenvalue weighted by atomic mass is 16.5. The Morgan fingerprint density at radius 2 is 1.75 bits per heavy atom. The molecule has 7 heteroatoms. The fraction of sp³-hybridized carbons (Fsp3) is 0.379. The van der Waals surface area contributed by atoms with Crippen molar-refractivity contribution in [3.05, 3.63) is 53.1 Å². The van der Waals surface area contributed by atoms with E-state index >= 15 is 0 Å². The Labute approximate surface area is 210 Å². The third-order valence-corrected chi connectivity index (χ3v) is 6.62.